The summed E-state index contributed by atoms with van der Waals surface area (Å²) < 4.78 is 11.7. The summed E-state index contributed by atoms with van der Waals surface area (Å²) in [5.74, 6) is -0.143. The molecule has 0 amide bonds. The lowest BCUT2D eigenvalue weighted by molar-refractivity contribution is -0.186. The second-order valence-electron chi connectivity index (χ2n) is 4.44. The first-order chi connectivity index (χ1) is 7.10. The van der Waals surface area contributed by atoms with Gasteiger partial charge >= 0.3 is 5.97 Å². The van der Waals surface area contributed by atoms with E-state index < -0.39 is 0 Å². The molecule has 2 heterocycles. The highest BCUT2D eigenvalue weighted by molar-refractivity contribution is 14.1. The number of carbonyl (C=O) groups is 1. The number of hydrogen-bond acceptors (Lipinski definition) is 4. The highest BCUT2D eigenvalue weighted by atomic mass is 127. The molecular formula is C10H16INO3. The number of likely N-dealkylation sites (tertiary alicyclic amines) is 1. The van der Waals surface area contributed by atoms with Crippen molar-refractivity contribution in [3.8, 4) is 0 Å². The van der Waals surface area contributed by atoms with Crippen molar-refractivity contribution < 1.29 is 14.3 Å². The van der Waals surface area contributed by atoms with Crippen molar-refractivity contribution in [1.29, 1.82) is 0 Å². The van der Waals surface area contributed by atoms with Crippen LogP contribution in [0.1, 0.15) is 12.8 Å². The fourth-order valence-corrected chi connectivity index (χ4v) is 3.11. The van der Waals surface area contributed by atoms with Crippen molar-refractivity contribution in [3.05, 3.63) is 0 Å². The third-order valence-corrected chi connectivity index (χ3v) is 4.28. The molecule has 0 bridgehead atoms. The van der Waals surface area contributed by atoms with Crippen LogP contribution < -0.4 is 0 Å². The maximum Gasteiger partial charge on any atom is 0.323 e. The van der Waals surface area contributed by atoms with Crippen molar-refractivity contribution in [2.75, 3.05) is 25.1 Å². The molecule has 5 heteroatoms. The number of ether oxygens (including phenoxy) is 2. The Hall–Kier alpha value is 0.120. The summed E-state index contributed by atoms with van der Waals surface area (Å²) in [6.07, 6.45) is 2.24. The third kappa shape index (κ3) is 2.01. The van der Waals surface area contributed by atoms with E-state index >= 15 is 0 Å². The molecule has 0 aromatic heterocycles. The molecule has 4 nitrogen and oxygen atoms in total. The van der Waals surface area contributed by atoms with Gasteiger partial charge in [-0.1, -0.05) is 22.6 Å². The number of esters is 1. The average molecular weight is 325 g/mol. The van der Waals surface area contributed by atoms with Gasteiger partial charge in [-0.25, -0.2) is 0 Å². The van der Waals surface area contributed by atoms with Crippen molar-refractivity contribution in [1.82, 2.24) is 4.90 Å². The first-order valence-corrected chi connectivity index (χ1v) is 6.64. The quantitative estimate of drug-likeness (QED) is 0.428. The minimum atomic E-state index is -0.143. The van der Waals surface area contributed by atoms with E-state index in [2.05, 4.69) is 22.6 Å². The van der Waals surface area contributed by atoms with Gasteiger partial charge in [0.05, 0.1) is 18.8 Å². The van der Waals surface area contributed by atoms with Gasteiger partial charge < -0.3 is 9.47 Å². The van der Waals surface area contributed by atoms with Crippen LogP contribution in [0, 0.1) is 0 Å². The van der Waals surface area contributed by atoms with Crippen LogP contribution in [0.3, 0.4) is 0 Å². The number of halogens is 1. The predicted molar refractivity (Wildman–Crippen MR) is 64.2 cm³/mol. The summed E-state index contributed by atoms with van der Waals surface area (Å²) in [4.78, 5) is 13.5. The van der Waals surface area contributed by atoms with Gasteiger partial charge in [0.2, 0.25) is 0 Å². The Morgan fingerprint density at radius 3 is 2.87 bits per heavy atom. The zero-order chi connectivity index (χ0) is 11.1. The molecule has 0 saturated carbocycles. The fraction of sp³-hybridized carbons (Fsp3) is 0.900. The smallest absolute Gasteiger partial charge is 0.323 e. The van der Waals surface area contributed by atoms with E-state index in [1.807, 2.05) is 11.9 Å². The van der Waals surface area contributed by atoms with Gasteiger partial charge in [0.1, 0.15) is 6.04 Å². The van der Waals surface area contributed by atoms with E-state index in [9.17, 15) is 4.79 Å². The van der Waals surface area contributed by atoms with Crippen LogP contribution >= 0.6 is 22.6 Å². The molecule has 2 aliphatic rings. The summed E-state index contributed by atoms with van der Waals surface area (Å²) in [7, 11) is 3.40. The van der Waals surface area contributed by atoms with Gasteiger partial charge in [-0.3, -0.25) is 9.69 Å². The number of carbonyl (C=O) groups excluding carboxylic acids is 1. The Balaban J connectivity index is 1.96. The molecule has 2 saturated heterocycles. The predicted octanol–water partition coefficient (Wildman–Crippen LogP) is 0.826. The normalized spacial score (nSPS) is 40.5. The Bertz CT molecular complexity index is 265. The zero-order valence-corrected chi connectivity index (χ0v) is 11.2. The minimum Gasteiger partial charge on any atom is -0.468 e. The maximum atomic E-state index is 11.5. The van der Waals surface area contributed by atoms with E-state index in [-0.39, 0.29) is 17.6 Å². The SMILES string of the molecule is COC(=O)C1CC2(CC(CI)O2)CN1C. The van der Waals surface area contributed by atoms with E-state index in [4.69, 9.17) is 9.47 Å². The number of alkyl halides is 1. The van der Waals surface area contributed by atoms with Crippen LogP contribution in [-0.4, -0.2) is 53.7 Å². The molecule has 0 aromatic carbocycles. The minimum absolute atomic E-state index is 0.0660. The molecule has 3 unspecified atom stereocenters. The van der Waals surface area contributed by atoms with Crippen LogP contribution in [0.4, 0.5) is 0 Å². The summed E-state index contributed by atoms with van der Waals surface area (Å²) in [5, 5.41) is 0. The van der Waals surface area contributed by atoms with Crippen LogP contribution in [0.15, 0.2) is 0 Å². The number of nitrogens with zero attached hydrogens (tertiary/aromatic N) is 1. The van der Waals surface area contributed by atoms with Crippen LogP contribution in [0.2, 0.25) is 0 Å². The van der Waals surface area contributed by atoms with Gasteiger partial charge in [0, 0.05) is 23.8 Å². The van der Waals surface area contributed by atoms with Crippen molar-refractivity contribution in [3.63, 3.8) is 0 Å². The van der Waals surface area contributed by atoms with Crippen LogP contribution in [-0.2, 0) is 14.3 Å². The van der Waals surface area contributed by atoms with Gasteiger partial charge in [0.15, 0.2) is 0 Å². The lowest BCUT2D eigenvalue weighted by Crippen LogP contribution is -2.52. The van der Waals surface area contributed by atoms with Gasteiger partial charge in [0.25, 0.3) is 0 Å². The highest BCUT2D eigenvalue weighted by Gasteiger charge is 2.54. The number of methoxy groups -OCH3 is 1. The second-order valence-corrected chi connectivity index (χ2v) is 5.32. The molecular weight excluding hydrogens is 309 g/mol. The molecule has 3 atom stereocenters. The number of hydrogen-bond donors (Lipinski definition) is 0. The van der Waals surface area contributed by atoms with Gasteiger partial charge in [-0.2, -0.15) is 0 Å². The Kier molecular flexibility index (Phi) is 3.23. The van der Waals surface area contributed by atoms with Crippen LogP contribution in [0.25, 0.3) is 0 Å². The molecule has 2 aliphatic heterocycles. The average Bonchev–Trinajstić information content (AvgIpc) is 2.52. The Morgan fingerprint density at radius 2 is 2.33 bits per heavy atom. The first-order valence-electron chi connectivity index (χ1n) is 5.12. The van der Waals surface area contributed by atoms with Gasteiger partial charge in [-0.05, 0) is 7.05 Å². The summed E-state index contributed by atoms with van der Waals surface area (Å²) >= 11 is 2.34. The lowest BCUT2D eigenvalue weighted by atomic mass is 9.87. The third-order valence-electron chi connectivity index (χ3n) is 3.30. The molecule has 0 aromatic rings. The lowest BCUT2D eigenvalue weighted by Gasteiger charge is -2.44. The largest absolute Gasteiger partial charge is 0.468 e. The van der Waals surface area contributed by atoms with E-state index in [1.165, 1.54) is 7.11 Å². The molecule has 15 heavy (non-hydrogen) atoms. The molecule has 2 rings (SSSR count). The molecule has 0 aliphatic carbocycles. The molecule has 0 N–H and O–H groups in total. The van der Waals surface area contributed by atoms with Crippen molar-refractivity contribution in [2.45, 2.75) is 30.6 Å². The molecule has 1 spiro atoms. The van der Waals surface area contributed by atoms with Gasteiger partial charge in [-0.15, -0.1) is 0 Å². The van der Waals surface area contributed by atoms with Crippen LogP contribution in [0.5, 0.6) is 0 Å². The van der Waals surface area contributed by atoms with E-state index in [1.54, 1.807) is 0 Å². The first kappa shape index (κ1) is 11.6. The molecule has 0 radical (unpaired) electrons. The molecule has 86 valence electrons. The summed E-state index contributed by atoms with van der Waals surface area (Å²) in [5.41, 5.74) is -0.0660. The zero-order valence-electron chi connectivity index (χ0n) is 9.03. The fourth-order valence-electron chi connectivity index (χ4n) is 2.61. The van der Waals surface area contributed by atoms with E-state index in [0.29, 0.717) is 6.10 Å². The Morgan fingerprint density at radius 1 is 1.67 bits per heavy atom. The highest BCUT2D eigenvalue weighted by Crippen LogP contribution is 2.43. The van der Waals surface area contributed by atoms with Crippen molar-refractivity contribution in [2.24, 2.45) is 0 Å². The monoisotopic (exact) mass is 325 g/mol. The number of rotatable bonds is 2. The Labute approximate surface area is 103 Å². The standard InChI is InChI=1S/C10H16INO3/c1-12-6-10(3-7(5-11)15-10)4-8(12)9(13)14-2/h7-8H,3-6H2,1-2H3. The van der Waals surface area contributed by atoms with Crippen molar-refractivity contribution >= 4 is 28.6 Å². The second kappa shape index (κ2) is 4.18. The van der Waals surface area contributed by atoms with E-state index in [0.717, 1.165) is 23.8 Å². The molecule has 2 fully saturated rings. The summed E-state index contributed by atoms with van der Waals surface area (Å²) in [6, 6.07) is -0.120. The topological polar surface area (TPSA) is 38.8 Å². The maximum absolute atomic E-state index is 11.5. The summed E-state index contributed by atoms with van der Waals surface area (Å²) in [6.45, 7) is 0.847. The number of likely N-dealkylation sites (N-methyl/N-ethyl adjacent to an activating group) is 1.